The Hall–Kier alpha value is -0.220. The van der Waals surface area contributed by atoms with E-state index in [1.165, 1.54) is 25.0 Å². The normalized spacial score (nSPS) is 10.3. The van der Waals surface area contributed by atoms with Gasteiger partial charge in [0, 0.05) is 0 Å². The zero-order valence-electron chi connectivity index (χ0n) is 9.88. The highest BCUT2D eigenvalue weighted by atomic mass is 32.2. The molecule has 0 unspecified atom stereocenters. The summed E-state index contributed by atoms with van der Waals surface area (Å²) in [5.41, 5.74) is 0. The lowest BCUT2D eigenvalue weighted by Gasteiger charge is -2.04. The van der Waals surface area contributed by atoms with Crippen LogP contribution in [0.25, 0.3) is 0 Å². The smallest absolute Gasteiger partial charge is 0.319 e. The molecular formula is C11H23NO2S. The van der Waals surface area contributed by atoms with Gasteiger partial charge in [0.1, 0.15) is 0 Å². The summed E-state index contributed by atoms with van der Waals surface area (Å²) in [6, 6.07) is 0. The van der Waals surface area contributed by atoms with Gasteiger partial charge in [-0.3, -0.25) is 4.79 Å². The predicted octanol–water partition coefficient (Wildman–Crippen LogP) is 2.06. The summed E-state index contributed by atoms with van der Waals surface area (Å²) >= 11 is 1.90. The van der Waals surface area contributed by atoms with E-state index in [-0.39, 0.29) is 5.97 Å². The van der Waals surface area contributed by atoms with Crippen LogP contribution in [0.3, 0.4) is 0 Å². The minimum absolute atomic E-state index is 0.153. The molecule has 0 amide bonds. The quantitative estimate of drug-likeness (QED) is 0.463. The molecule has 0 aliphatic rings. The molecule has 0 aromatic carbocycles. The maximum atomic E-state index is 10.9. The van der Waals surface area contributed by atoms with Crippen molar-refractivity contribution in [1.82, 2.24) is 5.32 Å². The second-order valence-electron chi connectivity index (χ2n) is 3.39. The number of ether oxygens (including phenoxy) is 1. The second-order valence-corrected chi connectivity index (χ2v) is 4.37. The van der Waals surface area contributed by atoms with Crippen molar-refractivity contribution in [2.45, 2.75) is 32.6 Å². The predicted molar refractivity (Wildman–Crippen MR) is 66.4 cm³/mol. The van der Waals surface area contributed by atoms with E-state index in [1.54, 1.807) is 0 Å². The van der Waals surface area contributed by atoms with Gasteiger partial charge in [0.05, 0.1) is 13.2 Å². The molecule has 0 aromatic heterocycles. The third-order valence-corrected chi connectivity index (χ3v) is 2.72. The molecule has 0 spiro atoms. The molecule has 0 saturated heterocycles. The fourth-order valence-corrected chi connectivity index (χ4v) is 1.75. The molecule has 0 rings (SSSR count). The highest BCUT2D eigenvalue weighted by Gasteiger charge is 1.98. The molecule has 0 radical (unpaired) electrons. The largest absolute Gasteiger partial charge is 0.465 e. The monoisotopic (exact) mass is 233 g/mol. The molecule has 4 heteroatoms. The van der Waals surface area contributed by atoms with Crippen molar-refractivity contribution in [2.75, 3.05) is 31.7 Å². The Morgan fingerprint density at radius 1 is 1.27 bits per heavy atom. The van der Waals surface area contributed by atoms with Gasteiger partial charge in [0.25, 0.3) is 0 Å². The molecule has 1 N–H and O–H groups in total. The molecule has 0 bridgehead atoms. The van der Waals surface area contributed by atoms with Crippen LogP contribution in [0.5, 0.6) is 0 Å². The number of unbranched alkanes of at least 4 members (excludes halogenated alkanes) is 3. The van der Waals surface area contributed by atoms with E-state index in [2.05, 4.69) is 11.6 Å². The van der Waals surface area contributed by atoms with Crippen molar-refractivity contribution in [1.29, 1.82) is 0 Å². The molecular weight excluding hydrogens is 210 g/mol. The Kier molecular flexibility index (Phi) is 11.7. The van der Waals surface area contributed by atoms with Crippen molar-refractivity contribution in [3.63, 3.8) is 0 Å². The van der Waals surface area contributed by atoms with Crippen LogP contribution < -0.4 is 5.32 Å². The Bertz CT molecular complexity index is 154. The highest BCUT2D eigenvalue weighted by molar-refractivity contribution is 7.98. The first-order chi connectivity index (χ1) is 7.31. The van der Waals surface area contributed by atoms with Gasteiger partial charge in [0.15, 0.2) is 0 Å². The lowest BCUT2D eigenvalue weighted by atomic mass is 10.2. The Balaban J connectivity index is 3.01. The summed E-state index contributed by atoms with van der Waals surface area (Å²) in [6.07, 6.45) is 7.13. The number of thioether (sulfide) groups is 1. The van der Waals surface area contributed by atoms with Gasteiger partial charge in [0.2, 0.25) is 0 Å². The molecule has 0 aliphatic heterocycles. The zero-order chi connectivity index (χ0) is 11.4. The molecule has 0 atom stereocenters. The number of carbonyl (C=O) groups excluding carboxylic acids is 1. The van der Waals surface area contributed by atoms with E-state index < -0.39 is 0 Å². The van der Waals surface area contributed by atoms with Crippen molar-refractivity contribution >= 4 is 17.7 Å². The minimum atomic E-state index is -0.153. The molecule has 0 aromatic rings. The molecule has 0 heterocycles. The van der Waals surface area contributed by atoms with E-state index in [0.29, 0.717) is 13.2 Å². The van der Waals surface area contributed by atoms with Gasteiger partial charge in [-0.05, 0) is 38.3 Å². The Morgan fingerprint density at radius 3 is 2.67 bits per heavy atom. The van der Waals surface area contributed by atoms with Crippen LogP contribution in [0, 0.1) is 0 Å². The average molecular weight is 233 g/mol. The second kappa shape index (κ2) is 11.9. The van der Waals surface area contributed by atoms with E-state index in [1.807, 2.05) is 18.7 Å². The lowest BCUT2D eigenvalue weighted by molar-refractivity contribution is -0.141. The van der Waals surface area contributed by atoms with Crippen LogP contribution in [-0.4, -0.2) is 37.7 Å². The van der Waals surface area contributed by atoms with Crippen molar-refractivity contribution in [3.8, 4) is 0 Å². The maximum Gasteiger partial charge on any atom is 0.319 e. The van der Waals surface area contributed by atoms with Gasteiger partial charge in [-0.1, -0.05) is 12.8 Å². The standard InChI is InChI=1S/C11H23NO2S/c1-3-14-11(13)10-12-8-6-4-5-7-9-15-2/h12H,3-10H2,1-2H3. The van der Waals surface area contributed by atoms with Gasteiger partial charge in [-0.2, -0.15) is 11.8 Å². The summed E-state index contributed by atoms with van der Waals surface area (Å²) in [4.78, 5) is 10.9. The van der Waals surface area contributed by atoms with Crippen LogP contribution in [0.2, 0.25) is 0 Å². The first-order valence-corrected chi connectivity index (χ1v) is 7.06. The Labute approximate surface area is 97.3 Å². The van der Waals surface area contributed by atoms with Crippen LogP contribution in [0.4, 0.5) is 0 Å². The van der Waals surface area contributed by atoms with E-state index >= 15 is 0 Å². The van der Waals surface area contributed by atoms with Gasteiger partial charge < -0.3 is 10.1 Å². The topological polar surface area (TPSA) is 38.3 Å². The average Bonchev–Trinajstić information content (AvgIpc) is 2.22. The fraction of sp³-hybridized carbons (Fsp3) is 0.909. The van der Waals surface area contributed by atoms with Gasteiger partial charge in [-0.15, -0.1) is 0 Å². The number of nitrogens with one attached hydrogen (secondary N) is 1. The zero-order valence-corrected chi connectivity index (χ0v) is 10.7. The van der Waals surface area contributed by atoms with Gasteiger partial charge >= 0.3 is 5.97 Å². The maximum absolute atomic E-state index is 10.9. The third kappa shape index (κ3) is 11.7. The summed E-state index contributed by atoms with van der Waals surface area (Å²) in [5.74, 6) is 1.11. The van der Waals surface area contributed by atoms with Crippen LogP contribution in [0.1, 0.15) is 32.6 Å². The molecule has 90 valence electrons. The highest BCUT2D eigenvalue weighted by Crippen LogP contribution is 2.03. The van der Waals surface area contributed by atoms with Crippen LogP contribution in [0.15, 0.2) is 0 Å². The lowest BCUT2D eigenvalue weighted by Crippen LogP contribution is -2.25. The van der Waals surface area contributed by atoms with Crippen molar-refractivity contribution in [3.05, 3.63) is 0 Å². The summed E-state index contributed by atoms with van der Waals surface area (Å²) in [6.45, 7) is 3.55. The van der Waals surface area contributed by atoms with Crippen molar-refractivity contribution < 1.29 is 9.53 Å². The number of rotatable bonds is 10. The SMILES string of the molecule is CCOC(=O)CNCCCCCCSC. The molecule has 15 heavy (non-hydrogen) atoms. The van der Waals surface area contributed by atoms with Crippen LogP contribution >= 0.6 is 11.8 Å². The van der Waals surface area contributed by atoms with E-state index in [0.717, 1.165) is 13.0 Å². The number of hydrogen-bond acceptors (Lipinski definition) is 4. The van der Waals surface area contributed by atoms with Gasteiger partial charge in [-0.25, -0.2) is 0 Å². The number of esters is 1. The van der Waals surface area contributed by atoms with Crippen molar-refractivity contribution in [2.24, 2.45) is 0 Å². The Morgan fingerprint density at radius 2 is 2.00 bits per heavy atom. The number of carbonyl (C=O) groups is 1. The number of hydrogen-bond donors (Lipinski definition) is 1. The molecule has 0 aliphatic carbocycles. The molecule has 0 fully saturated rings. The summed E-state index contributed by atoms with van der Waals surface area (Å²) in [7, 11) is 0. The fourth-order valence-electron chi connectivity index (χ4n) is 1.25. The third-order valence-electron chi connectivity index (χ3n) is 2.03. The van der Waals surface area contributed by atoms with E-state index in [9.17, 15) is 4.79 Å². The van der Waals surface area contributed by atoms with E-state index in [4.69, 9.17) is 4.74 Å². The van der Waals surface area contributed by atoms with Crippen LogP contribution in [-0.2, 0) is 9.53 Å². The minimum Gasteiger partial charge on any atom is -0.465 e. The molecule has 0 saturated carbocycles. The first kappa shape index (κ1) is 14.8. The first-order valence-electron chi connectivity index (χ1n) is 5.66. The molecule has 3 nitrogen and oxygen atoms in total. The summed E-state index contributed by atoms with van der Waals surface area (Å²) < 4.78 is 4.80. The summed E-state index contributed by atoms with van der Waals surface area (Å²) in [5, 5.41) is 3.08.